The van der Waals surface area contributed by atoms with Crippen molar-refractivity contribution < 1.29 is 4.42 Å². The Morgan fingerprint density at radius 2 is 1.95 bits per heavy atom. The third-order valence-corrected chi connectivity index (χ3v) is 4.68. The molecule has 0 aliphatic rings. The fraction of sp³-hybridized carbons (Fsp3) is 0.500. The van der Waals surface area contributed by atoms with E-state index in [0.717, 1.165) is 18.1 Å². The Balaban J connectivity index is 2.32. The third-order valence-electron chi connectivity index (χ3n) is 3.10. The molecule has 19 heavy (non-hydrogen) atoms. The lowest BCUT2D eigenvalue weighted by molar-refractivity contribution is 0.437. The van der Waals surface area contributed by atoms with E-state index < -0.39 is 0 Å². The summed E-state index contributed by atoms with van der Waals surface area (Å²) >= 11 is 1.87. The van der Waals surface area contributed by atoms with Gasteiger partial charge in [0.15, 0.2) is 0 Å². The molecule has 104 valence electrons. The maximum atomic E-state index is 5.79. The average molecular weight is 277 g/mol. The van der Waals surface area contributed by atoms with Gasteiger partial charge >= 0.3 is 0 Å². The molecule has 0 saturated carbocycles. The molecule has 0 aromatic carbocycles. The van der Waals surface area contributed by atoms with E-state index in [0.29, 0.717) is 0 Å². The summed E-state index contributed by atoms with van der Waals surface area (Å²) in [4.78, 5) is 2.73. The highest BCUT2D eigenvalue weighted by Gasteiger charge is 2.22. The van der Waals surface area contributed by atoms with Crippen molar-refractivity contribution in [2.45, 2.75) is 46.1 Å². The van der Waals surface area contributed by atoms with E-state index in [1.165, 1.54) is 9.75 Å². The number of rotatable bonds is 4. The summed E-state index contributed by atoms with van der Waals surface area (Å²) in [6.45, 7) is 11.8. The molecule has 1 unspecified atom stereocenters. The summed E-state index contributed by atoms with van der Waals surface area (Å²) in [5, 5.41) is 3.51. The van der Waals surface area contributed by atoms with Crippen LogP contribution in [-0.2, 0) is 5.41 Å². The number of hydrogen-bond acceptors (Lipinski definition) is 3. The Hall–Kier alpha value is -1.06. The topological polar surface area (TPSA) is 25.2 Å². The molecule has 0 radical (unpaired) electrons. The minimum absolute atomic E-state index is 0.166. The first-order chi connectivity index (χ1) is 8.91. The summed E-state index contributed by atoms with van der Waals surface area (Å²) in [6.07, 6.45) is 0. The van der Waals surface area contributed by atoms with Gasteiger partial charge in [0, 0.05) is 9.75 Å². The van der Waals surface area contributed by atoms with E-state index in [-0.39, 0.29) is 11.5 Å². The van der Waals surface area contributed by atoms with Crippen molar-refractivity contribution >= 4 is 11.3 Å². The Bertz CT molecular complexity index is 533. The molecule has 2 nitrogen and oxygen atoms in total. The molecule has 1 N–H and O–H groups in total. The second-order valence-electron chi connectivity index (χ2n) is 5.89. The SMILES string of the molecule is CCNC(c1ccc(C)o1)c1ccc(C(C)(C)C)s1. The first-order valence-electron chi connectivity index (χ1n) is 6.81. The Morgan fingerprint density at radius 1 is 1.21 bits per heavy atom. The molecule has 0 spiro atoms. The van der Waals surface area contributed by atoms with Crippen molar-refractivity contribution in [3.63, 3.8) is 0 Å². The van der Waals surface area contributed by atoms with E-state index in [1.54, 1.807) is 0 Å². The van der Waals surface area contributed by atoms with Crippen LogP contribution in [-0.4, -0.2) is 6.54 Å². The number of nitrogens with one attached hydrogen (secondary N) is 1. The normalized spacial score (nSPS) is 13.7. The van der Waals surface area contributed by atoms with E-state index >= 15 is 0 Å². The van der Waals surface area contributed by atoms with Crippen molar-refractivity contribution in [1.82, 2.24) is 5.32 Å². The standard InChI is InChI=1S/C16H23NOS/c1-6-17-15(12-8-7-11(2)18-12)13-9-10-14(19-13)16(3,4)5/h7-10,15,17H,6H2,1-5H3. The Morgan fingerprint density at radius 3 is 2.42 bits per heavy atom. The van der Waals surface area contributed by atoms with Crippen LogP contribution in [0.5, 0.6) is 0 Å². The molecule has 0 aliphatic heterocycles. The van der Waals surface area contributed by atoms with Crippen LogP contribution in [0.3, 0.4) is 0 Å². The van der Waals surface area contributed by atoms with Crippen molar-refractivity contribution in [2.24, 2.45) is 0 Å². The monoisotopic (exact) mass is 277 g/mol. The van der Waals surface area contributed by atoms with Crippen LogP contribution in [0.15, 0.2) is 28.7 Å². The quantitative estimate of drug-likeness (QED) is 0.880. The molecular weight excluding hydrogens is 254 g/mol. The highest BCUT2D eigenvalue weighted by molar-refractivity contribution is 7.12. The third kappa shape index (κ3) is 3.28. The summed E-state index contributed by atoms with van der Waals surface area (Å²) < 4.78 is 5.79. The molecule has 1 atom stereocenters. The molecular formula is C16H23NOS. The average Bonchev–Trinajstić information content (AvgIpc) is 2.93. The van der Waals surface area contributed by atoms with Crippen molar-refractivity contribution in [3.8, 4) is 0 Å². The maximum absolute atomic E-state index is 5.79. The van der Waals surface area contributed by atoms with Gasteiger partial charge in [0.05, 0.1) is 0 Å². The fourth-order valence-corrected chi connectivity index (χ4v) is 3.21. The molecule has 3 heteroatoms. The van der Waals surface area contributed by atoms with E-state index in [1.807, 2.05) is 24.3 Å². The number of aryl methyl sites for hydroxylation is 1. The van der Waals surface area contributed by atoms with Crippen LogP contribution in [0.25, 0.3) is 0 Å². The Kier molecular flexibility index (Phi) is 4.16. The molecule has 2 aromatic rings. The lowest BCUT2D eigenvalue weighted by Gasteiger charge is -2.17. The molecule has 0 amide bonds. The van der Waals surface area contributed by atoms with Crippen LogP contribution in [0, 0.1) is 6.92 Å². The molecule has 2 heterocycles. The van der Waals surface area contributed by atoms with Gasteiger partial charge in [-0.25, -0.2) is 0 Å². The van der Waals surface area contributed by atoms with Gasteiger partial charge in [-0.05, 0) is 43.1 Å². The maximum Gasteiger partial charge on any atom is 0.126 e. The summed E-state index contributed by atoms with van der Waals surface area (Å²) in [6, 6.07) is 8.72. The molecule has 0 fully saturated rings. The largest absolute Gasteiger partial charge is 0.464 e. The zero-order valence-electron chi connectivity index (χ0n) is 12.4. The van der Waals surface area contributed by atoms with Crippen LogP contribution < -0.4 is 5.32 Å². The van der Waals surface area contributed by atoms with Gasteiger partial charge in [0.25, 0.3) is 0 Å². The smallest absolute Gasteiger partial charge is 0.126 e. The summed E-state index contributed by atoms with van der Waals surface area (Å²) in [5.41, 5.74) is 0.207. The van der Waals surface area contributed by atoms with Gasteiger partial charge in [0.1, 0.15) is 17.6 Å². The number of thiophene rings is 1. The van der Waals surface area contributed by atoms with Gasteiger partial charge in [-0.3, -0.25) is 0 Å². The Labute approximate surface area is 119 Å². The lowest BCUT2D eigenvalue weighted by atomic mass is 9.95. The predicted molar refractivity (Wildman–Crippen MR) is 82.0 cm³/mol. The minimum Gasteiger partial charge on any atom is -0.464 e. The van der Waals surface area contributed by atoms with Gasteiger partial charge < -0.3 is 9.73 Å². The summed E-state index contributed by atoms with van der Waals surface area (Å²) in [7, 11) is 0. The van der Waals surface area contributed by atoms with Gasteiger partial charge in [-0.15, -0.1) is 11.3 Å². The van der Waals surface area contributed by atoms with Crippen molar-refractivity contribution in [3.05, 3.63) is 45.5 Å². The first-order valence-corrected chi connectivity index (χ1v) is 7.63. The first kappa shape index (κ1) is 14.4. The van der Waals surface area contributed by atoms with Gasteiger partial charge in [-0.2, -0.15) is 0 Å². The van der Waals surface area contributed by atoms with Crippen molar-refractivity contribution in [2.75, 3.05) is 6.54 Å². The molecule has 0 aliphatic carbocycles. The molecule has 2 aromatic heterocycles. The zero-order chi connectivity index (χ0) is 14.0. The summed E-state index contributed by atoms with van der Waals surface area (Å²) in [5.74, 6) is 1.96. The second kappa shape index (κ2) is 5.51. The predicted octanol–water partition coefficient (Wildman–Crippen LogP) is 4.65. The molecule has 0 saturated heterocycles. The molecule has 2 rings (SSSR count). The van der Waals surface area contributed by atoms with Crippen LogP contribution >= 0.6 is 11.3 Å². The zero-order valence-corrected chi connectivity index (χ0v) is 13.2. The van der Waals surface area contributed by atoms with Crippen LogP contribution in [0.4, 0.5) is 0 Å². The van der Waals surface area contributed by atoms with Gasteiger partial charge in [-0.1, -0.05) is 27.7 Å². The minimum atomic E-state index is 0.166. The lowest BCUT2D eigenvalue weighted by Crippen LogP contribution is -2.20. The molecule has 0 bridgehead atoms. The number of hydrogen-bond donors (Lipinski definition) is 1. The van der Waals surface area contributed by atoms with E-state index in [9.17, 15) is 0 Å². The van der Waals surface area contributed by atoms with Gasteiger partial charge in [0.2, 0.25) is 0 Å². The van der Waals surface area contributed by atoms with E-state index in [2.05, 4.69) is 51.2 Å². The van der Waals surface area contributed by atoms with Crippen LogP contribution in [0.2, 0.25) is 0 Å². The van der Waals surface area contributed by atoms with Crippen molar-refractivity contribution in [1.29, 1.82) is 0 Å². The fourth-order valence-electron chi connectivity index (χ4n) is 2.07. The van der Waals surface area contributed by atoms with E-state index in [4.69, 9.17) is 4.42 Å². The van der Waals surface area contributed by atoms with Crippen LogP contribution in [0.1, 0.15) is 55.0 Å². The highest BCUT2D eigenvalue weighted by atomic mass is 32.1. The highest BCUT2D eigenvalue weighted by Crippen LogP contribution is 2.35. The second-order valence-corrected chi connectivity index (χ2v) is 7.01. The number of furan rings is 1.